The van der Waals surface area contributed by atoms with E-state index in [-0.39, 0.29) is 17.5 Å². The first-order valence-corrected chi connectivity index (χ1v) is 8.12. The lowest BCUT2D eigenvalue weighted by Crippen LogP contribution is -2.25. The first-order valence-electron chi connectivity index (χ1n) is 8.12. The molecule has 0 saturated carbocycles. The van der Waals surface area contributed by atoms with Crippen molar-refractivity contribution in [2.45, 2.75) is 27.7 Å². The Morgan fingerprint density at radius 3 is 2.44 bits per heavy atom. The maximum atomic E-state index is 12.6. The zero-order chi connectivity index (χ0) is 18.2. The Labute approximate surface area is 147 Å². The third kappa shape index (κ3) is 3.48. The summed E-state index contributed by atoms with van der Waals surface area (Å²) in [6, 6.07) is 12.8. The molecule has 2 aromatic rings. The number of hydrogen-bond acceptors (Lipinski definition) is 4. The van der Waals surface area contributed by atoms with E-state index in [1.165, 1.54) is 0 Å². The van der Waals surface area contributed by atoms with Gasteiger partial charge in [0.05, 0.1) is 11.0 Å². The molecule has 3 rings (SSSR count). The first-order chi connectivity index (χ1) is 11.8. The summed E-state index contributed by atoms with van der Waals surface area (Å²) in [4.78, 5) is 24.7. The van der Waals surface area contributed by atoms with Crippen molar-refractivity contribution in [2.75, 3.05) is 0 Å². The lowest BCUT2D eigenvalue weighted by molar-refractivity contribution is -0.143. The minimum absolute atomic E-state index is 0.162. The van der Waals surface area contributed by atoms with Gasteiger partial charge < -0.3 is 9.47 Å². The topological polar surface area (TPSA) is 52.6 Å². The van der Waals surface area contributed by atoms with Gasteiger partial charge in [0.1, 0.15) is 11.5 Å². The fourth-order valence-electron chi connectivity index (χ4n) is 2.50. The fraction of sp³-hybridized carbons (Fsp3) is 0.238. The number of rotatable bonds is 2. The fourth-order valence-corrected chi connectivity index (χ4v) is 2.50. The Kier molecular flexibility index (Phi) is 4.21. The molecule has 1 aliphatic heterocycles. The highest BCUT2D eigenvalue weighted by atomic mass is 16.5. The Morgan fingerprint density at radius 2 is 1.80 bits per heavy atom. The molecule has 2 aromatic carbocycles. The quantitative estimate of drug-likeness (QED) is 0.458. The molecule has 0 radical (unpaired) electrons. The average Bonchev–Trinajstić information content (AvgIpc) is 2.83. The van der Waals surface area contributed by atoms with Gasteiger partial charge in [-0.25, -0.2) is 0 Å². The predicted octanol–water partition coefficient (Wildman–Crippen LogP) is 4.56. The van der Waals surface area contributed by atoms with E-state index in [0.717, 1.165) is 11.1 Å². The van der Waals surface area contributed by atoms with E-state index < -0.39 is 5.41 Å². The summed E-state index contributed by atoms with van der Waals surface area (Å²) in [5, 5.41) is 0. The Bertz CT molecular complexity index is 871. The number of ether oxygens (including phenoxy) is 2. The van der Waals surface area contributed by atoms with E-state index in [1.807, 2.05) is 30.3 Å². The van der Waals surface area contributed by atoms with Crippen LogP contribution in [0, 0.1) is 12.3 Å². The van der Waals surface area contributed by atoms with Crippen LogP contribution in [0.5, 0.6) is 11.5 Å². The number of fused-ring (bicyclic) bond motifs is 1. The number of aryl methyl sites for hydroxylation is 1. The summed E-state index contributed by atoms with van der Waals surface area (Å²) >= 11 is 0. The third-order valence-electron chi connectivity index (χ3n) is 3.86. The summed E-state index contributed by atoms with van der Waals surface area (Å²) in [6.07, 6.45) is 1.71. The van der Waals surface area contributed by atoms with Crippen LogP contribution in [0.2, 0.25) is 0 Å². The molecular formula is C21H20O4. The third-order valence-corrected chi connectivity index (χ3v) is 3.86. The number of Topliss-reactive ketones (excluding diaryl/α,β-unsaturated/α-hetero) is 1. The maximum absolute atomic E-state index is 12.6. The summed E-state index contributed by atoms with van der Waals surface area (Å²) in [7, 11) is 0. The molecule has 0 bridgehead atoms. The molecule has 0 saturated heterocycles. The van der Waals surface area contributed by atoms with Gasteiger partial charge in [0, 0.05) is 6.07 Å². The predicted molar refractivity (Wildman–Crippen MR) is 95.6 cm³/mol. The minimum atomic E-state index is -0.609. The van der Waals surface area contributed by atoms with Crippen molar-refractivity contribution in [3.63, 3.8) is 0 Å². The van der Waals surface area contributed by atoms with E-state index in [4.69, 9.17) is 9.47 Å². The zero-order valence-corrected chi connectivity index (χ0v) is 14.8. The second-order valence-electron chi connectivity index (χ2n) is 7.10. The van der Waals surface area contributed by atoms with Crippen LogP contribution < -0.4 is 9.47 Å². The van der Waals surface area contributed by atoms with Crippen LogP contribution in [0.15, 0.2) is 48.2 Å². The maximum Gasteiger partial charge on any atom is 0.316 e. The van der Waals surface area contributed by atoms with E-state index in [1.54, 1.807) is 45.9 Å². The van der Waals surface area contributed by atoms with Crippen LogP contribution in [-0.2, 0) is 4.79 Å². The number of allylic oxidation sites excluding steroid dienone is 1. The van der Waals surface area contributed by atoms with Crippen LogP contribution >= 0.6 is 0 Å². The molecule has 1 heterocycles. The van der Waals surface area contributed by atoms with Crippen molar-refractivity contribution in [3.8, 4) is 11.5 Å². The lowest BCUT2D eigenvalue weighted by Gasteiger charge is -2.16. The van der Waals surface area contributed by atoms with Crippen molar-refractivity contribution < 1.29 is 19.1 Å². The van der Waals surface area contributed by atoms with Gasteiger partial charge >= 0.3 is 5.97 Å². The largest absolute Gasteiger partial charge is 0.452 e. The molecule has 4 heteroatoms. The molecule has 0 unspecified atom stereocenters. The Morgan fingerprint density at radius 1 is 1.12 bits per heavy atom. The first kappa shape index (κ1) is 17.0. The molecule has 0 fully saturated rings. The second kappa shape index (κ2) is 6.20. The van der Waals surface area contributed by atoms with Crippen molar-refractivity contribution in [3.05, 3.63) is 64.9 Å². The number of esters is 1. The van der Waals surface area contributed by atoms with Crippen LogP contribution in [-0.4, -0.2) is 11.8 Å². The second-order valence-corrected chi connectivity index (χ2v) is 7.10. The summed E-state index contributed by atoms with van der Waals surface area (Å²) < 4.78 is 11.2. The molecule has 0 amide bonds. The SMILES string of the molecule is Cc1cc(OC(=O)C(C)(C)C)cc2c1C(=O)/C(=C/c1ccccc1)O2. The average molecular weight is 336 g/mol. The molecule has 1 aliphatic rings. The van der Waals surface area contributed by atoms with Gasteiger partial charge in [0.15, 0.2) is 5.76 Å². The number of carbonyl (C=O) groups is 2. The van der Waals surface area contributed by atoms with Crippen molar-refractivity contribution in [1.29, 1.82) is 0 Å². The summed E-state index contributed by atoms with van der Waals surface area (Å²) in [5.41, 5.74) is 1.51. The number of hydrogen-bond donors (Lipinski definition) is 0. The molecule has 0 N–H and O–H groups in total. The Balaban J connectivity index is 1.92. The van der Waals surface area contributed by atoms with Crippen molar-refractivity contribution >= 4 is 17.8 Å². The molecule has 4 nitrogen and oxygen atoms in total. The van der Waals surface area contributed by atoms with Crippen molar-refractivity contribution in [1.82, 2.24) is 0 Å². The van der Waals surface area contributed by atoms with Gasteiger partial charge in [-0.2, -0.15) is 0 Å². The van der Waals surface area contributed by atoms with Crippen LogP contribution in [0.4, 0.5) is 0 Å². The van der Waals surface area contributed by atoms with E-state index in [9.17, 15) is 9.59 Å². The van der Waals surface area contributed by atoms with Gasteiger partial charge in [-0.15, -0.1) is 0 Å². The lowest BCUT2D eigenvalue weighted by atomic mass is 9.97. The molecule has 0 aromatic heterocycles. The molecular weight excluding hydrogens is 316 g/mol. The zero-order valence-electron chi connectivity index (χ0n) is 14.8. The standard InChI is InChI=1S/C21H20O4/c1-13-10-15(24-20(23)21(2,3)4)12-16-18(13)19(22)17(25-16)11-14-8-6-5-7-9-14/h5-12H,1-4H3/b17-11-. The summed E-state index contributed by atoms with van der Waals surface area (Å²) in [5.74, 6) is 0.568. The van der Waals surface area contributed by atoms with Gasteiger partial charge in [-0.3, -0.25) is 9.59 Å². The monoisotopic (exact) mass is 336 g/mol. The molecule has 0 atom stereocenters. The highest BCUT2D eigenvalue weighted by Gasteiger charge is 2.31. The highest BCUT2D eigenvalue weighted by Crippen LogP contribution is 2.38. The van der Waals surface area contributed by atoms with Crippen LogP contribution in [0.1, 0.15) is 42.3 Å². The van der Waals surface area contributed by atoms with E-state index >= 15 is 0 Å². The van der Waals surface area contributed by atoms with Crippen LogP contribution in [0.3, 0.4) is 0 Å². The van der Waals surface area contributed by atoms with Crippen molar-refractivity contribution in [2.24, 2.45) is 5.41 Å². The van der Waals surface area contributed by atoms with E-state index in [0.29, 0.717) is 17.1 Å². The number of carbonyl (C=O) groups excluding carboxylic acids is 2. The number of ketones is 1. The van der Waals surface area contributed by atoms with Gasteiger partial charge in [-0.1, -0.05) is 30.3 Å². The molecule has 25 heavy (non-hydrogen) atoms. The van der Waals surface area contributed by atoms with Crippen LogP contribution in [0.25, 0.3) is 6.08 Å². The van der Waals surface area contributed by atoms with E-state index in [2.05, 4.69) is 0 Å². The molecule has 128 valence electrons. The highest BCUT2D eigenvalue weighted by molar-refractivity contribution is 6.15. The smallest absolute Gasteiger partial charge is 0.316 e. The molecule has 0 aliphatic carbocycles. The van der Waals surface area contributed by atoms with Gasteiger partial charge in [0.2, 0.25) is 5.78 Å². The van der Waals surface area contributed by atoms with Gasteiger partial charge in [-0.05, 0) is 51.0 Å². The normalized spacial score (nSPS) is 15.0. The Hall–Kier alpha value is -2.88. The summed E-state index contributed by atoms with van der Waals surface area (Å²) in [6.45, 7) is 7.17. The number of benzene rings is 2. The minimum Gasteiger partial charge on any atom is -0.452 e. The molecule has 0 spiro atoms. The van der Waals surface area contributed by atoms with Gasteiger partial charge in [0.25, 0.3) is 0 Å².